The number of benzene rings is 1. The van der Waals surface area contributed by atoms with Gasteiger partial charge in [-0.25, -0.2) is 18.2 Å². The Bertz CT molecular complexity index is 502. The number of hydrogen-bond acceptors (Lipinski definition) is 3. The van der Waals surface area contributed by atoms with Gasteiger partial charge in [-0.3, -0.25) is 0 Å². The third kappa shape index (κ3) is 1.67. The summed E-state index contributed by atoms with van der Waals surface area (Å²) in [6, 6.07) is 1.66. The number of halogens is 3. The summed E-state index contributed by atoms with van der Waals surface area (Å²) in [5.74, 6) is -3.94. The second-order valence-corrected chi connectivity index (χ2v) is 3.09. The number of nitrogens with two attached hydrogens (primary N) is 1. The Morgan fingerprint density at radius 2 is 1.81 bits per heavy atom. The highest BCUT2D eigenvalue weighted by atomic mass is 19.2. The fourth-order valence-corrected chi connectivity index (χ4v) is 1.34. The molecule has 0 aliphatic heterocycles. The van der Waals surface area contributed by atoms with Crippen molar-refractivity contribution < 1.29 is 17.6 Å². The fraction of sp³-hybridized carbons (Fsp3) is 0.100. The van der Waals surface area contributed by atoms with Crippen LogP contribution in [0.3, 0.4) is 0 Å². The average Bonchev–Trinajstić information content (AvgIpc) is 2.73. The van der Waals surface area contributed by atoms with Crippen molar-refractivity contribution in [3.63, 3.8) is 0 Å². The van der Waals surface area contributed by atoms with Crippen molar-refractivity contribution in [3.8, 4) is 11.3 Å². The first kappa shape index (κ1) is 10.7. The van der Waals surface area contributed by atoms with Crippen LogP contribution in [0.15, 0.2) is 22.9 Å². The molecule has 1 heterocycles. The first-order chi connectivity index (χ1) is 7.63. The maximum atomic E-state index is 13.0. The zero-order chi connectivity index (χ0) is 11.7. The van der Waals surface area contributed by atoms with E-state index < -0.39 is 17.5 Å². The smallest absolute Gasteiger partial charge is 0.194 e. The predicted octanol–water partition coefficient (Wildman–Crippen LogP) is 2.22. The summed E-state index contributed by atoms with van der Waals surface area (Å²) >= 11 is 0. The van der Waals surface area contributed by atoms with Gasteiger partial charge in [0.25, 0.3) is 0 Å². The van der Waals surface area contributed by atoms with Crippen LogP contribution < -0.4 is 5.73 Å². The van der Waals surface area contributed by atoms with Gasteiger partial charge in [0, 0.05) is 12.1 Å². The van der Waals surface area contributed by atoms with Crippen molar-refractivity contribution in [2.75, 3.05) is 0 Å². The van der Waals surface area contributed by atoms with Gasteiger partial charge in [0.05, 0.1) is 0 Å². The Morgan fingerprint density at radius 1 is 1.19 bits per heavy atom. The van der Waals surface area contributed by atoms with E-state index in [1.807, 2.05) is 0 Å². The van der Waals surface area contributed by atoms with Gasteiger partial charge >= 0.3 is 0 Å². The Hall–Kier alpha value is -1.82. The molecule has 0 fully saturated rings. The minimum Gasteiger partial charge on any atom is -0.443 e. The van der Waals surface area contributed by atoms with Gasteiger partial charge in [0.15, 0.2) is 29.6 Å². The third-order valence-corrected chi connectivity index (χ3v) is 2.08. The molecule has 3 nitrogen and oxygen atoms in total. The lowest BCUT2D eigenvalue weighted by molar-refractivity contribution is 0.447. The molecule has 0 aliphatic rings. The number of hydrogen-bond donors (Lipinski definition) is 1. The minimum atomic E-state index is -1.52. The molecule has 0 atom stereocenters. The van der Waals surface area contributed by atoms with Crippen LogP contribution in [0.4, 0.5) is 13.2 Å². The van der Waals surface area contributed by atoms with Gasteiger partial charge in [-0.15, -0.1) is 0 Å². The van der Waals surface area contributed by atoms with Crippen LogP contribution in [0.1, 0.15) is 5.69 Å². The third-order valence-electron chi connectivity index (χ3n) is 2.08. The number of nitrogens with zero attached hydrogens (tertiary/aromatic N) is 1. The quantitative estimate of drug-likeness (QED) is 0.802. The standard InChI is InChI=1S/C10H7F3N2O/c11-6-1-5(2-7(12)9(6)13)10-8(3-14)15-4-16-10/h1-2,4H,3,14H2. The van der Waals surface area contributed by atoms with E-state index in [0.29, 0.717) is 5.69 Å². The normalized spacial score (nSPS) is 10.8. The Kier molecular flexibility index (Phi) is 2.66. The van der Waals surface area contributed by atoms with E-state index in [0.717, 1.165) is 18.5 Å². The predicted molar refractivity (Wildman–Crippen MR) is 49.7 cm³/mol. The highest BCUT2D eigenvalue weighted by Crippen LogP contribution is 2.26. The molecule has 2 N–H and O–H groups in total. The second kappa shape index (κ2) is 3.97. The molecule has 0 radical (unpaired) electrons. The van der Waals surface area contributed by atoms with Crippen LogP contribution in [0, 0.1) is 17.5 Å². The minimum absolute atomic E-state index is 0.0620. The molecular weight excluding hydrogens is 221 g/mol. The van der Waals surface area contributed by atoms with Crippen LogP contribution in [-0.4, -0.2) is 4.98 Å². The lowest BCUT2D eigenvalue weighted by atomic mass is 10.1. The van der Waals surface area contributed by atoms with Crippen LogP contribution in [-0.2, 0) is 6.54 Å². The van der Waals surface area contributed by atoms with Crippen LogP contribution >= 0.6 is 0 Å². The molecule has 0 saturated carbocycles. The summed E-state index contributed by atoms with van der Waals surface area (Å²) < 4.78 is 43.6. The number of oxazole rings is 1. The van der Waals surface area contributed by atoms with Gasteiger partial charge in [0.1, 0.15) is 5.69 Å². The maximum absolute atomic E-state index is 13.0. The molecule has 84 valence electrons. The first-order valence-corrected chi connectivity index (χ1v) is 4.41. The topological polar surface area (TPSA) is 52.0 Å². The summed E-state index contributed by atoms with van der Waals surface area (Å²) in [5, 5.41) is 0. The van der Waals surface area contributed by atoms with Crippen molar-refractivity contribution in [2.45, 2.75) is 6.54 Å². The van der Waals surface area contributed by atoms with E-state index in [-0.39, 0.29) is 17.9 Å². The summed E-state index contributed by atoms with van der Waals surface area (Å²) in [7, 11) is 0. The molecule has 16 heavy (non-hydrogen) atoms. The number of rotatable bonds is 2. The summed E-state index contributed by atoms with van der Waals surface area (Å²) in [6.07, 6.45) is 1.11. The van der Waals surface area contributed by atoms with Crippen LogP contribution in [0.25, 0.3) is 11.3 Å². The van der Waals surface area contributed by atoms with E-state index >= 15 is 0 Å². The van der Waals surface area contributed by atoms with E-state index in [9.17, 15) is 13.2 Å². The fourth-order valence-electron chi connectivity index (χ4n) is 1.34. The Labute approximate surface area is 88.7 Å². The van der Waals surface area contributed by atoms with Crippen molar-refractivity contribution in [1.82, 2.24) is 4.98 Å². The molecule has 0 bridgehead atoms. The van der Waals surface area contributed by atoms with E-state index in [1.54, 1.807) is 0 Å². The van der Waals surface area contributed by atoms with Gasteiger partial charge in [-0.2, -0.15) is 0 Å². The highest BCUT2D eigenvalue weighted by molar-refractivity contribution is 5.59. The zero-order valence-electron chi connectivity index (χ0n) is 8.01. The maximum Gasteiger partial charge on any atom is 0.194 e. The van der Waals surface area contributed by atoms with Gasteiger partial charge in [-0.1, -0.05) is 0 Å². The monoisotopic (exact) mass is 228 g/mol. The van der Waals surface area contributed by atoms with Crippen molar-refractivity contribution in [2.24, 2.45) is 5.73 Å². The molecule has 0 spiro atoms. The average molecular weight is 228 g/mol. The molecule has 0 amide bonds. The highest BCUT2D eigenvalue weighted by Gasteiger charge is 2.16. The lowest BCUT2D eigenvalue weighted by Gasteiger charge is -2.01. The van der Waals surface area contributed by atoms with Crippen molar-refractivity contribution >= 4 is 0 Å². The molecule has 1 aromatic heterocycles. The van der Waals surface area contributed by atoms with Crippen LogP contribution in [0.2, 0.25) is 0 Å². The molecule has 2 rings (SSSR count). The molecule has 0 aliphatic carbocycles. The SMILES string of the molecule is NCc1ncoc1-c1cc(F)c(F)c(F)c1. The van der Waals surface area contributed by atoms with Gasteiger partial charge < -0.3 is 10.2 Å². The Balaban J connectivity index is 2.57. The van der Waals surface area contributed by atoms with E-state index in [1.165, 1.54) is 0 Å². The summed E-state index contributed by atoms with van der Waals surface area (Å²) in [4.78, 5) is 3.76. The first-order valence-electron chi connectivity index (χ1n) is 4.41. The molecule has 1 aromatic carbocycles. The molecule has 6 heteroatoms. The second-order valence-electron chi connectivity index (χ2n) is 3.09. The molecule has 2 aromatic rings. The molecule has 0 saturated heterocycles. The molecule has 0 unspecified atom stereocenters. The largest absolute Gasteiger partial charge is 0.443 e. The summed E-state index contributed by atoms with van der Waals surface area (Å²) in [6.45, 7) is 0.0620. The van der Waals surface area contributed by atoms with Crippen molar-refractivity contribution in [1.29, 1.82) is 0 Å². The van der Waals surface area contributed by atoms with Crippen molar-refractivity contribution in [3.05, 3.63) is 41.7 Å². The van der Waals surface area contributed by atoms with Gasteiger partial charge in [0.2, 0.25) is 0 Å². The van der Waals surface area contributed by atoms with E-state index in [4.69, 9.17) is 10.2 Å². The zero-order valence-corrected chi connectivity index (χ0v) is 8.01. The summed E-state index contributed by atoms with van der Waals surface area (Å²) in [5.41, 5.74) is 5.77. The Morgan fingerprint density at radius 3 is 2.38 bits per heavy atom. The van der Waals surface area contributed by atoms with E-state index in [2.05, 4.69) is 4.98 Å². The van der Waals surface area contributed by atoms with Gasteiger partial charge in [-0.05, 0) is 12.1 Å². The lowest BCUT2D eigenvalue weighted by Crippen LogP contribution is -1.99. The number of aromatic nitrogens is 1. The van der Waals surface area contributed by atoms with Crippen LogP contribution in [0.5, 0.6) is 0 Å². The molecular formula is C10H7F3N2O.